The van der Waals surface area contributed by atoms with Crippen LogP contribution >= 0.6 is 11.3 Å². The Bertz CT molecular complexity index is 592. The summed E-state index contributed by atoms with van der Waals surface area (Å²) in [6.07, 6.45) is 2.31. The summed E-state index contributed by atoms with van der Waals surface area (Å²) in [6, 6.07) is 9.90. The Balaban J connectivity index is 1.69. The predicted molar refractivity (Wildman–Crippen MR) is 79.6 cm³/mol. The molecule has 3 rings (SSSR count). The lowest BCUT2D eigenvalue weighted by Crippen LogP contribution is -2.28. The second kappa shape index (κ2) is 5.05. The Hall–Kier alpha value is -1.81. The maximum Gasteiger partial charge on any atom is 0.227 e. The van der Waals surface area contributed by atoms with E-state index in [1.54, 1.807) is 11.3 Å². The molecular formula is C15H16N2OS. The first-order valence-corrected chi connectivity index (χ1v) is 7.33. The minimum atomic E-state index is 0.205. The molecule has 1 amide bonds. The molecule has 2 heterocycles. The first-order chi connectivity index (χ1) is 9.24. The second-order valence-electron chi connectivity index (χ2n) is 4.76. The average Bonchev–Trinajstić information content (AvgIpc) is 3.04. The monoisotopic (exact) mass is 272 g/mol. The predicted octanol–water partition coefficient (Wildman–Crippen LogP) is 2.85. The van der Waals surface area contributed by atoms with Crippen LogP contribution in [-0.2, 0) is 17.6 Å². The Morgan fingerprint density at radius 2 is 2.26 bits per heavy atom. The van der Waals surface area contributed by atoms with E-state index in [1.807, 2.05) is 34.5 Å². The number of thiophene rings is 1. The van der Waals surface area contributed by atoms with Gasteiger partial charge < -0.3 is 10.6 Å². The van der Waals surface area contributed by atoms with Gasteiger partial charge in [0.2, 0.25) is 5.91 Å². The number of benzene rings is 1. The summed E-state index contributed by atoms with van der Waals surface area (Å²) >= 11 is 1.71. The van der Waals surface area contributed by atoms with Gasteiger partial charge in [0.1, 0.15) is 0 Å². The van der Waals surface area contributed by atoms with Crippen LogP contribution in [0.3, 0.4) is 0 Å². The lowest BCUT2D eigenvalue weighted by molar-refractivity contribution is -0.118. The van der Waals surface area contributed by atoms with E-state index in [9.17, 15) is 4.79 Å². The molecule has 0 saturated carbocycles. The molecule has 0 atom stereocenters. The van der Waals surface area contributed by atoms with Gasteiger partial charge in [0.25, 0.3) is 0 Å². The summed E-state index contributed by atoms with van der Waals surface area (Å²) in [7, 11) is 0. The zero-order valence-corrected chi connectivity index (χ0v) is 11.5. The first kappa shape index (κ1) is 12.2. The minimum absolute atomic E-state index is 0.205. The number of carbonyl (C=O) groups excluding carboxylic acids is 1. The Labute approximate surface area is 116 Å². The first-order valence-electron chi connectivity index (χ1n) is 6.45. The van der Waals surface area contributed by atoms with Crippen LogP contribution in [0.2, 0.25) is 0 Å². The summed E-state index contributed by atoms with van der Waals surface area (Å²) in [5, 5.41) is 2.05. The molecule has 4 heteroatoms. The molecule has 98 valence electrons. The number of nitrogen functional groups attached to an aromatic ring is 1. The van der Waals surface area contributed by atoms with E-state index in [1.165, 1.54) is 10.4 Å². The number of hydrogen-bond acceptors (Lipinski definition) is 3. The molecule has 1 aromatic heterocycles. The highest BCUT2D eigenvalue weighted by molar-refractivity contribution is 7.09. The van der Waals surface area contributed by atoms with Gasteiger partial charge in [0.15, 0.2) is 0 Å². The van der Waals surface area contributed by atoms with E-state index in [-0.39, 0.29) is 5.91 Å². The highest BCUT2D eigenvalue weighted by Crippen LogP contribution is 2.30. The van der Waals surface area contributed by atoms with E-state index in [0.29, 0.717) is 6.42 Å². The molecule has 3 nitrogen and oxygen atoms in total. The van der Waals surface area contributed by atoms with Gasteiger partial charge in [-0.1, -0.05) is 6.07 Å². The fourth-order valence-electron chi connectivity index (χ4n) is 2.50. The smallest absolute Gasteiger partial charge is 0.227 e. The van der Waals surface area contributed by atoms with E-state index >= 15 is 0 Å². The number of nitrogens with zero attached hydrogens (tertiary/aromatic N) is 1. The van der Waals surface area contributed by atoms with Crippen LogP contribution in [0.15, 0.2) is 35.7 Å². The van der Waals surface area contributed by atoms with Crippen molar-refractivity contribution < 1.29 is 4.79 Å². The molecule has 2 aromatic rings. The Kier molecular flexibility index (Phi) is 3.25. The number of amides is 1. The molecular weight excluding hydrogens is 256 g/mol. The van der Waals surface area contributed by atoms with Gasteiger partial charge in [0.05, 0.1) is 0 Å². The quantitative estimate of drug-likeness (QED) is 0.873. The lowest BCUT2D eigenvalue weighted by atomic mass is 10.1. The molecule has 0 fully saturated rings. The molecule has 1 aliphatic heterocycles. The lowest BCUT2D eigenvalue weighted by Gasteiger charge is -2.17. The number of hydrogen-bond donors (Lipinski definition) is 1. The van der Waals surface area contributed by atoms with Crippen LogP contribution < -0.4 is 10.6 Å². The van der Waals surface area contributed by atoms with Crippen LogP contribution in [0, 0.1) is 0 Å². The van der Waals surface area contributed by atoms with E-state index in [0.717, 1.165) is 30.8 Å². The van der Waals surface area contributed by atoms with Crippen molar-refractivity contribution in [2.24, 2.45) is 0 Å². The van der Waals surface area contributed by atoms with Gasteiger partial charge in [-0.15, -0.1) is 11.3 Å². The average molecular weight is 272 g/mol. The number of carbonyl (C=O) groups is 1. The molecule has 0 spiro atoms. The summed E-state index contributed by atoms with van der Waals surface area (Å²) in [6.45, 7) is 0.780. The van der Waals surface area contributed by atoms with Gasteiger partial charge in [-0.3, -0.25) is 4.79 Å². The molecule has 0 bridgehead atoms. The Morgan fingerprint density at radius 1 is 1.37 bits per heavy atom. The minimum Gasteiger partial charge on any atom is -0.399 e. The van der Waals surface area contributed by atoms with Crippen molar-refractivity contribution >= 4 is 28.6 Å². The van der Waals surface area contributed by atoms with Crippen molar-refractivity contribution in [1.29, 1.82) is 0 Å². The number of anilines is 2. The zero-order valence-electron chi connectivity index (χ0n) is 10.6. The van der Waals surface area contributed by atoms with Crippen LogP contribution in [0.5, 0.6) is 0 Å². The van der Waals surface area contributed by atoms with Crippen LogP contribution in [0.25, 0.3) is 0 Å². The van der Waals surface area contributed by atoms with E-state index < -0.39 is 0 Å². The highest BCUT2D eigenvalue weighted by atomic mass is 32.1. The van der Waals surface area contributed by atoms with Gasteiger partial charge in [0, 0.05) is 29.2 Å². The summed E-state index contributed by atoms with van der Waals surface area (Å²) in [5.74, 6) is 0.205. The van der Waals surface area contributed by atoms with Crippen molar-refractivity contribution in [2.45, 2.75) is 19.3 Å². The molecule has 0 radical (unpaired) electrons. The van der Waals surface area contributed by atoms with Crippen LogP contribution in [-0.4, -0.2) is 12.5 Å². The van der Waals surface area contributed by atoms with Gasteiger partial charge >= 0.3 is 0 Å². The zero-order chi connectivity index (χ0) is 13.2. The van der Waals surface area contributed by atoms with Crippen molar-refractivity contribution in [3.63, 3.8) is 0 Å². The summed E-state index contributed by atoms with van der Waals surface area (Å²) in [4.78, 5) is 15.4. The maximum atomic E-state index is 12.3. The molecule has 19 heavy (non-hydrogen) atoms. The Morgan fingerprint density at radius 3 is 3.05 bits per heavy atom. The van der Waals surface area contributed by atoms with E-state index in [4.69, 9.17) is 5.73 Å². The van der Waals surface area contributed by atoms with Gasteiger partial charge in [-0.2, -0.15) is 0 Å². The van der Waals surface area contributed by atoms with E-state index in [2.05, 4.69) is 6.07 Å². The van der Waals surface area contributed by atoms with Crippen molar-refractivity contribution in [3.8, 4) is 0 Å². The van der Waals surface area contributed by atoms with Crippen molar-refractivity contribution in [2.75, 3.05) is 17.2 Å². The third-order valence-electron chi connectivity index (χ3n) is 3.47. The second-order valence-corrected chi connectivity index (χ2v) is 5.80. The number of rotatable bonds is 3. The maximum absolute atomic E-state index is 12.3. The van der Waals surface area contributed by atoms with Crippen molar-refractivity contribution in [3.05, 3.63) is 46.2 Å². The van der Waals surface area contributed by atoms with Crippen molar-refractivity contribution in [1.82, 2.24) is 0 Å². The third kappa shape index (κ3) is 2.49. The fraction of sp³-hybridized carbons (Fsp3) is 0.267. The molecule has 2 N–H and O–H groups in total. The molecule has 0 aliphatic carbocycles. The summed E-state index contributed by atoms with van der Waals surface area (Å²) in [5.41, 5.74) is 8.76. The number of nitrogens with two attached hydrogens (primary N) is 1. The van der Waals surface area contributed by atoms with Gasteiger partial charge in [-0.05, 0) is 48.1 Å². The number of aryl methyl sites for hydroxylation is 1. The van der Waals surface area contributed by atoms with Crippen LogP contribution in [0.4, 0.5) is 11.4 Å². The van der Waals surface area contributed by atoms with Gasteiger partial charge in [-0.25, -0.2) is 0 Å². The normalized spacial score (nSPS) is 13.6. The fourth-order valence-corrected chi connectivity index (χ4v) is 3.21. The molecule has 0 unspecified atom stereocenters. The largest absolute Gasteiger partial charge is 0.399 e. The van der Waals surface area contributed by atoms with Crippen LogP contribution in [0.1, 0.15) is 16.9 Å². The standard InChI is InChI=1S/C15H16N2OS/c16-12-3-5-14-11(10-12)7-8-17(14)15(18)6-4-13-2-1-9-19-13/h1-3,5,9-10H,4,6-8,16H2. The molecule has 1 aliphatic rings. The number of fused-ring (bicyclic) bond motifs is 1. The topological polar surface area (TPSA) is 46.3 Å². The SMILES string of the molecule is Nc1ccc2c(c1)CCN2C(=O)CCc1cccs1. The molecule has 0 saturated heterocycles. The third-order valence-corrected chi connectivity index (χ3v) is 4.40. The molecule has 1 aromatic carbocycles. The highest BCUT2D eigenvalue weighted by Gasteiger charge is 2.24. The summed E-state index contributed by atoms with van der Waals surface area (Å²) < 4.78 is 0.